The number of halogens is 1. The normalized spacial score (nSPS) is 15.9. The van der Waals surface area contributed by atoms with Crippen LogP contribution in [-0.2, 0) is 4.74 Å². The van der Waals surface area contributed by atoms with Crippen LogP contribution in [-0.4, -0.2) is 29.5 Å². The molecule has 0 radical (unpaired) electrons. The summed E-state index contributed by atoms with van der Waals surface area (Å²) in [5.41, 5.74) is 1.80. The van der Waals surface area contributed by atoms with E-state index >= 15 is 0 Å². The van der Waals surface area contributed by atoms with Gasteiger partial charge in [-0.15, -0.1) is 0 Å². The van der Waals surface area contributed by atoms with Crippen LogP contribution in [0, 0.1) is 0 Å². The van der Waals surface area contributed by atoms with E-state index in [1.807, 2.05) is 48.5 Å². The third kappa shape index (κ3) is 5.55. The molecule has 1 aliphatic heterocycles. The first-order valence-corrected chi connectivity index (χ1v) is 9.20. The summed E-state index contributed by atoms with van der Waals surface area (Å²) < 4.78 is 12.1. The Morgan fingerprint density at radius 2 is 1.72 bits per heavy atom. The molecule has 3 rings (SSSR count). The first kappa shape index (κ1) is 17.9. The number of benzene rings is 2. The van der Waals surface area contributed by atoms with Gasteiger partial charge in [-0.05, 0) is 73.0 Å². The van der Waals surface area contributed by atoms with Crippen LogP contribution in [0.25, 0.3) is 0 Å². The fourth-order valence-electron chi connectivity index (χ4n) is 2.18. The molecule has 8 heteroatoms. The summed E-state index contributed by atoms with van der Waals surface area (Å²) in [5.74, 6) is 0.763. The highest BCUT2D eigenvalue weighted by atomic mass is 79.9. The largest absolute Gasteiger partial charge is 0.490 e. The number of rotatable bonds is 5. The molecule has 0 aromatic heterocycles. The molecule has 0 saturated carbocycles. The van der Waals surface area contributed by atoms with Crippen molar-refractivity contribution >= 4 is 62.0 Å². The Morgan fingerprint density at radius 1 is 1.12 bits per heavy atom. The van der Waals surface area contributed by atoms with Crippen LogP contribution in [0.2, 0.25) is 0 Å². The Labute approximate surface area is 165 Å². The molecule has 2 aromatic rings. The van der Waals surface area contributed by atoms with Crippen molar-refractivity contribution in [3.63, 3.8) is 0 Å². The Bertz CT molecular complexity index is 753. The van der Waals surface area contributed by atoms with Gasteiger partial charge in [0, 0.05) is 15.8 Å². The molecule has 0 amide bonds. The molecular formula is C17H16BrN3O2S2. The minimum atomic E-state index is -0.0482. The third-order valence-electron chi connectivity index (χ3n) is 3.40. The minimum absolute atomic E-state index is 0.0482. The molecule has 1 unspecified atom stereocenters. The van der Waals surface area contributed by atoms with E-state index in [0.29, 0.717) is 23.4 Å². The average Bonchev–Trinajstić information content (AvgIpc) is 3.02. The van der Waals surface area contributed by atoms with Gasteiger partial charge in [-0.25, -0.2) is 0 Å². The van der Waals surface area contributed by atoms with E-state index in [1.54, 1.807) is 0 Å². The second-order valence-electron chi connectivity index (χ2n) is 5.33. The molecule has 25 heavy (non-hydrogen) atoms. The topological polar surface area (TPSA) is 54.5 Å². The molecule has 3 N–H and O–H groups in total. The van der Waals surface area contributed by atoms with Gasteiger partial charge in [0.15, 0.2) is 11.2 Å². The van der Waals surface area contributed by atoms with Gasteiger partial charge >= 0.3 is 0 Å². The van der Waals surface area contributed by atoms with Gasteiger partial charge in [0.1, 0.15) is 12.4 Å². The zero-order valence-electron chi connectivity index (χ0n) is 13.1. The van der Waals surface area contributed by atoms with E-state index in [-0.39, 0.29) is 6.10 Å². The first-order chi connectivity index (χ1) is 12.1. The van der Waals surface area contributed by atoms with Crippen molar-refractivity contribution in [3.05, 3.63) is 53.0 Å². The Balaban J connectivity index is 1.47. The molecule has 1 saturated heterocycles. The smallest absolute Gasteiger partial charge is 0.257 e. The van der Waals surface area contributed by atoms with Gasteiger partial charge in [-0.1, -0.05) is 15.9 Å². The molecule has 0 spiro atoms. The minimum Gasteiger partial charge on any atom is -0.490 e. The summed E-state index contributed by atoms with van der Waals surface area (Å²) in [6, 6.07) is 15.4. The number of anilines is 2. The van der Waals surface area contributed by atoms with Crippen molar-refractivity contribution in [2.45, 2.75) is 6.10 Å². The van der Waals surface area contributed by atoms with E-state index in [4.69, 9.17) is 33.9 Å². The highest BCUT2D eigenvalue weighted by molar-refractivity contribution is 9.10. The van der Waals surface area contributed by atoms with Crippen LogP contribution in [0.4, 0.5) is 11.4 Å². The lowest BCUT2D eigenvalue weighted by Gasteiger charge is -2.13. The molecule has 1 fully saturated rings. The summed E-state index contributed by atoms with van der Waals surface area (Å²) in [4.78, 5) is 0. The molecule has 1 heterocycles. The Morgan fingerprint density at radius 3 is 2.28 bits per heavy atom. The summed E-state index contributed by atoms with van der Waals surface area (Å²) in [5, 5.41) is 10.2. The van der Waals surface area contributed by atoms with Crippen LogP contribution >= 0.6 is 40.4 Å². The van der Waals surface area contributed by atoms with Crippen LogP contribution in [0.15, 0.2) is 53.0 Å². The average molecular weight is 438 g/mol. The molecule has 0 bridgehead atoms. The van der Waals surface area contributed by atoms with Gasteiger partial charge in [0.2, 0.25) is 0 Å². The maximum Gasteiger partial charge on any atom is 0.257 e. The highest BCUT2D eigenvalue weighted by Crippen LogP contribution is 2.18. The summed E-state index contributed by atoms with van der Waals surface area (Å²) in [6.07, 6.45) is -0.0482. The fraction of sp³-hybridized carbons (Fsp3) is 0.176. The standard InChI is InChI=1S/C17H16BrN3O2S2/c18-11-1-3-12(4-2-11)20-16(24)21-13-5-7-14(8-6-13)22-10-15-9-19-17(25)23-15/h1-8,15H,9-10H2,(H,19,25)(H2,20,21,24). The van der Waals surface area contributed by atoms with Crippen molar-refractivity contribution in [2.24, 2.45) is 0 Å². The van der Waals surface area contributed by atoms with Gasteiger partial charge in [-0.3, -0.25) is 0 Å². The van der Waals surface area contributed by atoms with E-state index in [0.717, 1.165) is 21.6 Å². The summed E-state index contributed by atoms with van der Waals surface area (Å²) >= 11 is 13.6. The van der Waals surface area contributed by atoms with Crippen LogP contribution in [0.3, 0.4) is 0 Å². The highest BCUT2D eigenvalue weighted by Gasteiger charge is 2.20. The SMILES string of the molecule is S=C(Nc1ccc(Br)cc1)Nc1ccc(OCC2CNC(=S)O2)cc1. The number of hydrogen-bond acceptors (Lipinski definition) is 4. The van der Waals surface area contributed by atoms with E-state index in [1.165, 1.54) is 0 Å². The van der Waals surface area contributed by atoms with Gasteiger partial charge < -0.3 is 25.4 Å². The van der Waals surface area contributed by atoms with Crippen LogP contribution in [0.1, 0.15) is 0 Å². The number of thiocarbonyl (C=S) groups is 2. The molecule has 1 atom stereocenters. The zero-order valence-corrected chi connectivity index (χ0v) is 16.3. The predicted octanol–water partition coefficient (Wildman–Crippen LogP) is 3.91. The molecule has 0 aliphatic carbocycles. The van der Waals surface area contributed by atoms with Crippen molar-refractivity contribution < 1.29 is 9.47 Å². The lowest BCUT2D eigenvalue weighted by Crippen LogP contribution is -2.22. The molecule has 5 nitrogen and oxygen atoms in total. The predicted molar refractivity (Wildman–Crippen MR) is 111 cm³/mol. The molecule has 1 aliphatic rings. The maximum atomic E-state index is 5.70. The number of ether oxygens (including phenoxy) is 2. The first-order valence-electron chi connectivity index (χ1n) is 7.59. The molecule has 130 valence electrons. The number of hydrogen-bond donors (Lipinski definition) is 3. The van der Waals surface area contributed by atoms with Crippen molar-refractivity contribution in [3.8, 4) is 5.75 Å². The Hall–Kier alpha value is -1.90. The monoisotopic (exact) mass is 437 g/mol. The van der Waals surface area contributed by atoms with Crippen LogP contribution in [0.5, 0.6) is 5.75 Å². The fourth-order valence-corrected chi connectivity index (χ4v) is 2.89. The maximum absolute atomic E-state index is 5.70. The van der Waals surface area contributed by atoms with Crippen molar-refractivity contribution in [1.29, 1.82) is 0 Å². The van der Waals surface area contributed by atoms with Crippen LogP contribution < -0.4 is 20.7 Å². The van der Waals surface area contributed by atoms with Gasteiger partial charge in [-0.2, -0.15) is 0 Å². The summed E-state index contributed by atoms with van der Waals surface area (Å²) in [7, 11) is 0. The quantitative estimate of drug-likeness (QED) is 0.612. The zero-order chi connectivity index (χ0) is 17.6. The van der Waals surface area contributed by atoms with E-state index in [9.17, 15) is 0 Å². The van der Waals surface area contributed by atoms with E-state index < -0.39 is 0 Å². The lowest BCUT2D eigenvalue weighted by molar-refractivity contribution is 0.150. The van der Waals surface area contributed by atoms with Crippen molar-refractivity contribution in [2.75, 3.05) is 23.8 Å². The third-order valence-corrected chi connectivity index (χ3v) is 4.37. The lowest BCUT2D eigenvalue weighted by atomic mass is 10.3. The summed E-state index contributed by atoms with van der Waals surface area (Å²) in [6.45, 7) is 1.12. The second-order valence-corrected chi connectivity index (χ2v) is 7.02. The Kier molecular flexibility index (Phi) is 6.06. The van der Waals surface area contributed by atoms with Gasteiger partial charge in [0.25, 0.3) is 5.17 Å². The van der Waals surface area contributed by atoms with Gasteiger partial charge in [0.05, 0.1) is 6.54 Å². The second kappa shape index (κ2) is 8.46. The molecule has 2 aromatic carbocycles. The van der Waals surface area contributed by atoms with E-state index in [2.05, 4.69) is 31.9 Å². The number of nitrogens with one attached hydrogen (secondary N) is 3. The van der Waals surface area contributed by atoms with Crippen molar-refractivity contribution in [1.82, 2.24) is 5.32 Å². The molecular weight excluding hydrogens is 422 g/mol.